The van der Waals surface area contributed by atoms with Gasteiger partial charge in [-0.05, 0) is 0 Å². The molecule has 0 aliphatic heterocycles. The van der Waals surface area contributed by atoms with Crippen molar-refractivity contribution in [3.63, 3.8) is 0 Å². The third-order valence-electron chi connectivity index (χ3n) is 2.47. The van der Waals surface area contributed by atoms with Crippen LogP contribution in [0.2, 0.25) is 5.15 Å². The number of rotatable bonds is 5. The third-order valence-corrected chi connectivity index (χ3v) is 2.74. The Morgan fingerprint density at radius 3 is 2.19 bits per heavy atom. The number of nitrogens with zero attached hydrogens (tertiary/aromatic N) is 3. The standard InChI is InChI=1S/C12H10ClN3O5/c1-19-7-3-8(20-2)5-9(4-7)21-12-10(16(17)18)11(13)14-6-15-12/h3-6H,1-2H3. The number of nitro groups is 1. The van der Waals surface area contributed by atoms with Gasteiger partial charge in [0, 0.05) is 18.2 Å². The first kappa shape index (κ1) is 14.8. The fourth-order valence-electron chi connectivity index (χ4n) is 1.52. The van der Waals surface area contributed by atoms with Crippen molar-refractivity contribution in [3.8, 4) is 23.1 Å². The molecular weight excluding hydrogens is 302 g/mol. The lowest BCUT2D eigenvalue weighted by Crippen LogP contribution is -1.99. The van der Waals surface area contributed by atoms with E-state index < -0.39 is 10.6 Å². The van der Waals surface area contributed by atoms with E-state index >= 15 is 0 Å². The van der Waals surface area contributed by atoms with Gasteiger partial charge in [0.05, 0.1) is 19.1 Å². The number of benzene rings is 1. The Bertz CT molecular complexity index is 658. The minimum absolute atomic E-state index is 0.254. The average Bonchev–Trinajstić information content (AvgIpc) is 2.46. The molecule has 1 aromatic carbocycles. The largest absolute Gasteiger partial charge is 0.496 e. The first-order chi connectivity index (χ1) is 10.0. The maximum atomic E-state index is 11.0. The summed E-state index contributed by atoms with van der Waals surface area (Å²) in [6, 6.07) is 4.69. The Labute approximate surface area is 124 Å². The molecule has 2 aromatic rings. The van der Waals surface area contributed by atoms with Crippen LogP contribution in [0.1, 0.15) is 0 Å². The van der Waals surface area contributed by atoms with E-state index in [0.29, 0.717) is 11.5 Å². The minimum atomic E-state index is -0.713. The van der Waals surface area contributed by atoms with Gasteiger partial charge in [0.15, 0.2) is 0 Å². The van der Waals surface area contributed by atoms with Gasteiger partial charge in [0.25, 0.3) is 0 Å². The molecule has 0 spiro atoms. The molecule has 1 aromatic heterocycles. The van der Waals surface area contributed by atoms with Crippen molar-refractivity contribution in [1.29, 1.82) is 0 Å². The maximum absolute atomic E-state index is 11.0. The first-order valence-corrected chi connectivity index (χ1v) is 5.98. The van der Waals surface area contributed by atoms with E-state index in [1.165, 1.54) is 26.4 Å². The van der Waals surface area contributed by atoms with Crippen LogP contribution in [-0.4, -0.2) is 29.1 Å². The summed E-state index contributed by atoms with van der Waals surface area (Å²) in [6.45, 7) is 0. The Morgan fingerprint density at radius 2 is 1.67 bits per heavy atom. The minimum Gasteiger partial charge on any atom is -0.496 e. The van der Waals surface area contributed by atoms with E-state index in [2.05, 4.69) is 9.97 Å². The fourth-order valence-corrected chi connectivity index (χ4v) is 1.72. The second kappa shape index (κ2) is 6.23. The van der Waals surface area contributed by atoms with Crippen LogP contribution >= 0.6 is 11.6 Å². The van der Waals surface area contributed by atoms with Crippen molar-refractivity contribution in [1.82, 2.24) is 9.97 Å². The normalized spacial score (nSPS) is 10.0. The van der Waals surface area contributed by atoms with Crippen molar-refractivity contribution in [2.75, 3.05) is 14.2 Å². The summed E-state index contributed by atoms with van der Waals surface area (Å²) in [6.07, 6.45) is 1.07. The molecule has 21 heavy (non-hydrogen) atoms. The van der Waals surface area contributed by atoms with Crippen molar-refractivity contribution in [2.45, 2.75) is 0 Å². The van der Waals surface area contributed by atoms with E-state index in [4.69, 9.17) is 25.8 Å². The number of aromatic nitrogens is 2. The Balaban J connectivity index is 2.43. The maximum Gasteiger partial charge on any atom is 0.368 e. The average molecular weight is 312 g/mol. The monoisotopic (exact) mass is 311 g/mol. The molecule has 0 N–H and O–H groups in total. The Hall–Kier alpha value is -2.61. The highest BCUT2D eigenvalue weighted by molar-refractivity contribution is 6.31. The van der Waals surface area contributed by atoms with Crippen molar-refractivity contribution < 1.29 is 19.1 Å². The molecule has 0 fully saturated rings. The Morgan fingerprint density at radius 1 is 1.10 bits per heavy atom. The van der Waals surface area contributed by atoms with Gasteiger partial charge in [-0.15, -0.1) is 0 Å². The van der Waals surface area contributed by atoms with Crippen molar-refractivity contribution in [3.05, 3.63) is 39.8 Å². The van der Waals surface area contributed by atoms with E-state index in [0.717, 1.165) is 6.33 Å². The lowest BCUT2D eigenvalue weighted by molar-refractivity contribution is -0.386. The molecule has 9 heteroatoms. The van der Waals surface area contributed by atoms with Crippen LogP contribution in [0.5, 0.6) is 23.1 Å². The molecule has 0 amide bonds. The number of methoxy groups -OCH3 is 2. The Kier molecular flexibility index (Phi) is 4.39. The predicted octanol–water partition coefficient (Wildman–Crippen LogP) is 2.85. The summed E-state index contributed by atoms with van der Waals surface area (Å²) < 4.78 is 15.6. The zero-order valence-corrected chi connectivity index (χ0v) is 11.8. The van der Waals surface area contributed by atoms with E-state index in [9.17, 15) is 10.1 Å². The highest BCUT2D eigenvalue weighted by Crippen LogP contribution is 2.36. The van der Waals surface area contributed by atoms with Crippen LogP contribution in [0.4, 0.5) is 5.69 Å². The fraction of sp³-hybridized carbons (Fsp3) is 0.167. The molecular formula is C12H10ClN3O5. The van der Waals surface area contributed by atoms with Crippen molar-refractivity contribution in [2.24, 2.45) is 0 Å². The molecule has 0 bridgehead atoms. The summed E-state index contributed by atoms with van der Waals surface area (Å²) in [5.41, 5.74) is -0.513. The van der Waals surface area contributed by atoms with Gasteiger partial charge in [0.2, 0.25) is 5.15 Å². The van der Waals surface area contributed by atoms with Gasteiger partial charge in [0.1, 0.15) is 23.6 Å². The van der Waals surface area contributed by atoms with Gasteiger partial charge in [-0.25, -0.2) is 4.98 Å². The molecule has 0 aliphatic rings. The summed E-state index contributed by atoms with van der Waals surface area (Å²) in [7, 11) is 2.95. The van der Waals surface area contributed by atoms with Crippen LogP contribution in [0.25, 0.3) is 0 Å². The van der Waals surface area contributed by atoms with E-state index in [1.54, 1.807) is 6.07 Å². The molecule has 2 rings (SSSR count). The second-order valence-corrected chi connectivity index (χ2v) is 4.08. The molecule has 0 saturated heterocycles. The zero-order valence-electron chi connectivity index (χ0n) is 11.1. The third kappa shape index (κ3) is 3.29. The highest BCUT2D eigenvalue weighted by Gasteiger charge is 2.24. The quantitative estimate of drug-likeness (QED) is 0.475. The van der Waals surface area contributed by atoms with E-state index in [1.807, 2.05) is 0 Å². The number of halogens is 1. The molecule has 8 nitrogen and oxygen atoms in total. The van der Waals surface area contributed by atoms with Gasteiger partial charge >= 0.3 is 11.6 Å². The molecule has 0 atom stereocenters. The summed E-state index contributed by atoms with van der Waals surface area (Å²) >= 11 is 5.69. The molecule has 110 valence electrons. The lowest BCUT2D eigenvalue weighted by atomic mass is 10.3. The first-order valence-electron chi connectivity index (χ1n) is 5.61. The molecule has 1 heterocycles. The molecule has 0 aliphatic carbocycles. The van der Waals surface area contributed by atoms with E-state index in [-0.39, 0.29) is 16.8 Å². The summed E-state index contributed by atoms with van der Waals surface area (Å²) in [5, 5.41) is 10.7. The van der Waals surface area contributed by atoms with Crippen LogP contribution < -0.4 is 14.2 Å². The van der Waals surface area contributed by atoms with Crippen LogP contribution in [0, 0.1) is 10.1 Å². The number of hydrogen-bond donors (Lipinski definition) is 0. The van der Waals surface area contributed by atoms with Crippen LogP contribution in [0.3, 0.4) is 0 Å². The smallest absolute Gasteiger partial charge is 0.368 e. The molecule has 0 radical (unpaired) electrons. The second-order valence-electron chi connectivity index (χ2n) is 3.73. The summed E-state index contributed by atoms with van der Waals surface area (Å²) in [5.74, 6) is 0.915. The van der Waals surface area contributed by atoms with Crippen molar-refractivity contribution >= 4 is 17.3 Å². The SMILES string of the molecule is COc1cc(OC)cc(Oc2ncnc(Cl)c2[N+](=O)[O-])c1. The van der Waals surface area contributed by atoms with Gasteiger partial charge in [-0.3, -0.25) is 10.1 Å². The number of hydrogen-bond acceptors (Lipinski definition) is 7. The predicted molar refractivity (Wildman–Crippen MR) is 73.3 cm³/mol. The topological polar surface area (TPSA) is 96.6 Å². The number of ether oxygens (including phenoxy) is 3. The van der Waals surface area contributed by atoms with Gasteiger partial charge in [-0.2, -0.15) is 4.98 Å². The lowest BCUT2D eigenvalue weighted by Gasteiger charge is -2.09. The zero-order chi connectivity index (χ0) is 15.4. The molecule has 0 unspecified atom stereocenters. The summed E-state index contributed by atoms with van der Waals surface area (Å²) in [4.78, 5) is 17.6. The van der Waals surface area contributed by atoms with Crippen LogP contribution in [0.15, 0.2) is 24.5 Å². The van der Waals surface area contributed by atoms with Gasteiger partial charge in [-0.1, -0.05) is 11.6 Å². The van der Waals surface area contributed by atoms with Crippen LogP contribution in [-0.2, 0) is 0 Å². The molecule has 0 saturated carbocycles. The van der Waals surface area contributed by atoms with Gasteiger partial charge < -0.3 is 14.2 Å². The highest BCUT2D eigenvalue weighted by atomic mass is 35.5.